The summed E-state index contributed by atoms with van der Waals surface area (Å²) in [5.41, 5.74) is 4.39. The van der Waals surface area contributed by atoms with Gasteiger partial charge in [0.25, 0.3) is 5.91 Å². The van der Waals surface area contributed by atoms with E-state index in [0.29, 0.717) is 0 Å². The van der Waals surface area contributed by atoms with E-state index in [0.717, 1.165) is 5.94 Å². The first-order chi connectivity index (χ1) is 2.77. The zero-order valence-corrected chi connectivity index (χ0v) is 2.89. The molecule has 3 nitrogen and oxygen atoms in total. The number of amides is 1. The van der Waals surface area contributed by atoms with E-state index < -0.39 is 5.91 Å². The topological polar surface area (TPSA) is 60.2 Å². The van der Waals surface area contributed by atoms with Gasteiger partial charge in [0, 0.05) is 0 Å². The first-order valence-corrected chi connectivity index (χ1v) is 1.20. The van der Waals surface area contributed by atoms with Crippen LogP contribution in [0.15, 0.2) is 0 Å². The molecular formula is C3H2NO2. The van der Waals surface area contributed by atoms with Gasteiger partial charge < -0.3 is 5.73 Å². The molecule has 0 aliphatic rings. The molecule has 0 spiro atoms. The molecule has 0 saturated carbocycles. The van der Waals surface area contributed by atoms with Crippen molar-refractivity contribution >= 4 is 11.8 Å². The van der Waals surface area contributed by atoms with Gasteiger partial charge in [-0.15, -0.1) is 0 Å². The predicted molar refractivity (Wildman–Crippen MR) is 18.1 cm³/mol. The summed E-state index contributed by atoms with van der Waals surface area (Å²) < 4.78 is 0. The van der Waals surface area contributed by atoms with E-state index in [1.165, 1.54) is 0 Å². The summed E-state index contributed by atoms with van der Waals surface area (Å²) in [6.07, 6.45) is 1.54. The molecule has 0 aromatic rings. The van der Waals surface area contributed by atoms with Crippen LogP contribution in [0.1, 0.15) is 0 Å². The van der Waals surface area contributed by atoms with Crippen molar-refractivity contribution < 1.29 is 9.59 Å². The molecule has 0 saturated heterocycles. The Kier molecular flexibility index (Phi) is 1.78. The van der Waals surface area contributed by atoms with Gasteiger partial charge in [-0.1, -0.05) is 0 Å². The minimum atomic E-state index is -0.884. The fourth-order valence-electron chi connectivity index (χ4n) is 0.0503. The van der Waals surface area contributed by atoms with Gasteiger partial charge in [-0.05, 0) is 0 Å². The minimum Gasteiger partial charge on any atom is -0.365 e. The fraction of sp³-hybridized carbons (Fsp3) is 0. The lowest BCUT2D eigenvalue weighted by Crippen LogP contribution is -2.06. The summed E-state index contributed by atoms with van der Waals surface area (Å²) in [5.74, 6) is 0.208. The van der Waals surface area contributed by atoms with E-state index in [1.807, 2.05) is 0 Å². The van der Waals surface area contributed by atoms with Gasteiger partial charge in [-0.3, -0.25) is 4.79 Å². The molecule has 1 radical (unpaired) electrons. The number of hydrogen-bond acceptors (Lipinski definition) is 2. The van der Waals surface area contributed by atoms with Gasteiger partial charge in [0.2, 0.25) is 0 Å². The molecule has 0 bridgehead atoms. The lowest BCUT2D eigenvalue weighted by Gasteiger charge is -1.62. The second-order valence-electron chi connectivity index (χ2n) is 0.591. The normalized spacial score (nSPS) is 6.00. The van der Waals surface area contributed by atoms with Gasteiger partial charge in [-0.2, -0.15) is 0 Å². The summed E-state index contributed by atoms with van der Waals surface area (Å²) in [5, 5.41) is 0. The SMILES string of the molecule is NC(=O)[C]=C=O. The third-order valence-electron chi connectivity index (χ3n) is 0.174. The first-order valence-electron chi connectivity index (χ1n) is 1.20. The highest BCUT2D eigenvalue weighted by molar-refractivity contribution is 5.87. The maximum atomic E-state index is 9.45. The number of carbonyl (C=O) groups excluding carboxylic acids is 2. The number of nitrogens with two attached hydrogens (primary N) is 1. The summed E-state index contributed by atoms with van der Waals surface area (Å²) in [7, 11) is 0. The molecule has 1 amide bonds. The fourth-order valence-corrected chi connectivity index (χ4v) is 0.0503. The van der Waals surface area contributed by atoms with Crippen LogP contribution in [0.25, 0.3) is 0 Å². The molecular weight excluding hydrogens is 82.0 g/mol. The van der Waals surface area contributed by atoms with Crippen LogP contribution in [0.3, 0.4) is 0 Å². The van der Waals surface area contributed by atoms with Crippen molar-refractivity contribution in [2.75, 3.05) is 0 Å². The molecule has 0 heterocycles. The van der Waals surface area contributed by atoms with Crippen molar-refractivity contribution in [2.45, 2.75) is 0 Å². The Morgan fingerprint density at radius 1 is 1.67 bits per heavy atom. The Labute approximate surface area is 34.4 Å². The van der Waals surface area contributed by atoms with E-state index in [2.05, 4.69) is 5.73 Å². The third-order valence-corrected chi connectivity index (χ3v) is 0.174. The van der Waals surface area contributed by atoms with E-state index in [4.69, 9.17) is 4.79 Å². The van der Waals surface area contributed by atoms with E-state index in [9.17, 15) is 4.79 Å². The molecule has 0 aliphatic heterocycles. The highest BCUT2D eigenvalue weighted by atomic mass is 16.1. The zero-order valence-electron chi connectivity index (χ0n) is 2.89. The Morgan fingerprint density at radius 3 is 2.17 bits per heavy atom. The van der Waals surface area contributed by atoms with E-state index in [1.54, 1.807) is 6.08 Å². The molecule has 0 unspecified atom stereocenters. The average molecular weight is 84.1 g/mol. The minimum absolute atomic E-state index is 0.884. The summed E-state index contributed by atoms with van der Waals surface area (Å²) >= 11 is 0. The third kappa shape index (κ3) is 2.92. The molecule has 0 aliphatic carbocycles. The number of rotatable bonds is 1. The molecule has 0 aromatic carbocycles. The Hall–Kier alpha value is -1.08. The van der Waals surface area contributed by atoms with Crippen LogP contribution < -0.4 is 5.73 Å². The Balaban J connectivity index is 3.60. The molecule has 0 rings (SSSR count). The first kappa shape index (κ1) is 4.92. The van der Waals surface area contributed by atoms with Crippen molar-refractivity contribution in [1.82, 2.24) is 0 Å². The number of primary amides is 1. The average Bonchev–Trinajstić information content (AvgIpc) is 1.35. The van der Waals surface area contributed by atoms with Crippen LogP contribution in [0.5, 0.6) is 0 Å². The second kappa shape index (κ2) is 2.18. The highest BCUT2D eigenvalue weighted by Crippen LogP contribution is 1.44. The van der Waals surface area contributed by atoms with Crippen LogP contribution in [-0.2, 0) is 9.59 Å². The van der Waals surface area contributed by atoms with Crippen LogP contribution in [0, 0.1) is 6.08 Å². The van der Waals surface area contributed by atoms with Gasteiger partial charge in [0.05, 0.1) is 0 Å². The second-order valence-corrected chi connectivity index (χ2v) is 0.591. The maximum Gasteiger partial charge on any atom is 0.261 e. The Bertz CT molecular complexity index is 101. The Morgan fingerprint density at radius 2 is 2.17 bits per heavy atom. The van der Waals surface area contributed by atoms with Crippen molar-refractivity contribution in [3.05, 3.63) is 6.08 Å². The highest BCUT2D eigenvalue weighted by Gasteiger charge is 1.77. The summed E-state index contributed by atoms with van der Waals surface area (Å²) in [4.78, 5) is 18.5. The zero-order chi connectivity index (χ0) is 4.99. The lowest BCUT2D eigenvalue weighted by atomic mass is 10.6. The molecule has 0 aromatic heterocycles. The van der Waals surface area contributed by atoms with Gasteiger partial charge in [-0.25, -0.2) is 4.79 Å². The van der Waals surface area contributed by atoms with Gasteiger partial charge in [0.15, 0.2) is 0 Å². The molecule has 0 fully saturated rings. The maximum absolute atomic E-state index is 9.45. The van der Waals surface area contributed by atoms with E-state index >= 15 is 0 Å². The standard InChI is InChI=1S/C3H2NO2/c4-3(6)1-2-5/h(H2,4,6). The molecule has 31 valence electrons. The van der Waals surface area contributed by atoms with Crippen molar-refractivity contribution in [2.24, 2.45) is 5.73 Å². The van der Waals surface area contributed by atoms with Gasteiger partial charge in [0.1, 0.15) is 12.0 Å². The predicted octanol–water partition coefficient (Wildman–Crippen LogP) is -1.34. The number of carbonyl (C=O) groups is 1. The van der Waals surface area contributed by atoms with Crippen molar-refractivity contribution in [3.63, 3.8) is 0 Å². The summed E-state index contributed by atoms with van der Waals surface area (Å²) in [6, 6.07) is 0. The van der Waals surface area contributed by atoms with Crippen LogP contribution in [0.4, 0.5) is 0 Å². The largest absolute Gasteiger partial charge is 0.365 e. The molecule has 6 heavy (non-hydrogen) atoms. The monoisotopic (exact) mass is 84.0 g/mol. The van der Waals surface area contributed by atoms with Crippen LogP contribution in [0.2, 0.25) is 0 Å². The molecule has 2 N–H and O–H groups in total. The van der Waals surface area contributed by atoms with E-state index in [-0.39, 0.29) is 0 Å². The number of hydrogen-bond donors (Lipinski definition) is 1. The van der Waals surface area contributed by atoms with Gasteiger partial charge >= 0.3 is 0 Å². The lowest BCUT2D eigenvalue weighted by molar-refractivity contribution is -0.114. The molecule has 0 atom stereocenters. The van der Waals surface area contributed by atoms with Crippen molar-refractivity contribution in [3.8, 4) is 0 Å². The molecule has 3 heteroatoms. The van der Waals surface area contributed by atoms with Crippen molar-refractivity contribution in [1.29, 1.82) is 0 Å². The smallest absolute Gasteiger partial charge is 0.261 e. The quantitative estimate of drug-likeness (QED) is 0.316. The summed E-state index contributed by atoms with van der Waals surface area (Å²) in [6.45, 7) is 0. The van der Waals surface area contributed by atoms with Crippen LogP contribution in [-0.4, -0.2) is 11.8 Å². The van der Waals surface area contributed by atoms with Crippen LogP contribution >= 0.6 is 0 Å².